The molecule has 0 aliphatic carbocycles. The van der Waals surface area contributed by atoms with E-state index < -0.39 is 46.8 Å². The van der Waals surface area contributed by atoms with E-state index in [1.165, 1.54) is 0 Å². The Kier molecular flexibility index (Phi) is 7.39. The molecule has 12 heteroatoms. The van der Waals surface area contributed by atoms with Gasteiger partial charge in [0.05, 0.1) is 5.75 Å². The van der Waals surface area contributed by atoms with Crippen molar-refractivity contribution in [3.8, 4) is 5.75 Å². The number of likely N-dealkylation sites (tertiary alicyclic amines) is 1. The number of ketones is 1. The Morgan fingerprint density at radius 3 is 2.61 bits per heavy atom. The van der Waals surface area contributed by atoms with Gasteiger partial charge in [0.1, 0.15) is 17.2 Å². The Morgan fingerprint density at radius 2 is 2.00 bits per heavy atom. The molecule has 2 aliphatic heterocycles. The molecule has 2 saturated heterocycles. The van der Waals surface area contributed by atoms with Crippen LogP contribution >= 0.6 is 23.4 Å². The molecule has 2 amide bonds. The number of thioether (sulfide) groups is 1. The molecule has 10 nitrogen and oxygen atoms in total. The number of para-hydroxylation sites is 1. The molecule has 31 heavy (non-hydrogen) atoms. The number of benzene rings is 1. The summed E-state index contributed by atoms with van der Waals surface area (Å²) in [4.78, 5) is 60.2. The van der Waals surface area contributed by atoms with Gasteiger partial charge in [-0.3, -0.25) is 24.1 Å². The van der Waals surface area contributed by atoms with Crippen LogP contribution in [0, 0.1) is 0 Å². The average Bonchev–Trinajstić information content (AvgIpc) is 3.19. The third-order valence-electron chi connectivity index (χ3n) is 4.60. The van der Waals surface area contributed by atoms with Crippen molar-refractivity contribution in [2.75, 3.05) is 12.4 Å². The van der Waals surface area contributed by atoms with Crippen molar-refractivity contribution in [1.82, 2.24) is 10.2 Å². The van der Waals surface area contributed by atoms with Gasteiger partial charge in [0.2, 0.25) is 5.50 Å². The quantitative estimate of drug-likeness (QED) is 0.215. The molecule has 2 N–H and O–H groups in total. The number of carboxylic acids is 1. The highest BCUT2D eigenvalue weighted by atomic mass is 35.5. The fourth-order valence-corrected chi connectivity index (χ4v) is 4.62. The summed E-state index contributed by atoms with van der Waals surface area (Å²) in [6.07, 6.45) is -0.434. The number of halogens is 1. The maximum absolute atomic E-state index is 12.4. The number of carboxylic acid groups (broad SMARTS) is 1. The first-order chi connectivity index (χ1) is 14.8. The van der Waals surface area contributed by atoms with Gasteiger partial charge in [-0.15, -0.1) is 11.8 Å². The standard InChI is InChI=1S/C19H19ClN2O8S/c20-16(19(27)28)22-17(26)15(21-13(24)8-29-10-4-2-1-3-5-10)18(22)31-9-11(23)12-6-7-14(25)30-12/h1-5,12,15-16,18H,6-9H2,(H,21,24)(H,27,28)/t12-,15?,16?,18?/m0/s1. The summed E-state index contributed by atoms with van der Waals surface area (Å²) >= 11 is 6.75. The number of hydrogen-bond acceptors (Lipinski definition) is 8. The molecule has 1 aromatic rings. The number of carbonyl (C=O) groups excluding carboxylic acids is 4. The number of nitrogens with one attached hydrogen (secondary N) is 1. The molecule has 0 saturated carbocycles. The highest BCUT2D eigenvalue weighted by Gasteiger charge is 2.53. The lowest BCUT2D eigenvalue weighted by Gasteiger charge is -2.47. The van der Waals surface area contributed by atoms with Crippen molar-refractivity contribution in [2.24, 2.45) is 0 Å². The fourth-order valence-electron chi connectivity index (χ4n) is 3.05. The summed E-state index contributed by atoms with van der Waals surface area (Å²) in [7, 11) is 0. The van der Waals surface area contributed by atoms with Gasteiger partial charge >= 0.3 is 11.9 Å². The minimum Gasteiger partial charge on any atom is -0.484 e. The number of ether oxygens (including phenoxy) is 2. The molecular formula is C19H19ClN2O8S. The zero-order chi connectivity index (χ0) is 22.5. The molecule has 0 spiro atoms. The van der Waals surface area contributed by atoms with Crippen LogP contribution in [0.5, 0.6) is 5.75 Å². The van der Waals surface area contributed by atoms with Gasteiger partial charge in [-0.1, -0.05) is 29.8 Å². The number of aliphatic carboxylic acids is 1. The highest BCUT2D eigenvalue weighted by Crippen LogP contribution is 2.34. The number of Topliss-reactive ketones (excluding diaryl/α,β-unsaturated/α-hetero) is 1. The lowest BCUT2D eigenvalue weighted by atomic mass is 10.1. The Balaban J connectivity index is 1.59. The zero-order valence-corrected chi connectivity index (χ0v) is 17.6. The van der Waals surface area contributed by atoms with Crippen molar-refractivity contribution in [1.29, 1.82) is 0 Å². The Bertz CT molecular complexity index is 883. The Hall–Kier alpha value is -2.79. The number of nitrogens with zero attached hydrogens (tertiary/aromatic N) is 1. The van der Waals surface area contributed by atoms with Crippen LogP contribution in [0.2, 0.25) is 0 Å². The summed E-state index contributed by atoms with van der Waals surface area (Å²) in [5, 5.41) is 10.7. The van der Waals surface area contributed by atoms with Crippen LogP contribution in [-0.4, -0.2) is 74.9 Å². The normalized spacial score (nSPS) is 23.5. The van der Waals surface area contributed by atoms with Gasteiger partial charge < -0.3 is 19.9 Å². The summed E-state index contributed by atoms with van der Waals surface area (Å²) in [5.74, 6) is -3.23. The summed E-state index contributed by atoms with van der Waals surface area (Å²) in [6, 6.07) is 7.51. The van der Waals surface area contributed by atoms with Gasteiger partial charge in [0, 0.05) is 12.8 Å². The fraction of sp³-hybridized carbons (Fsp3) is 0.421. The van der Waals surface area contributed by atoms with Crippen LogP contribution in [0.1, 0.15) is 12.8 Å². The molecule has 2 fully saturated rings. The molecule has 0 bridgehead atoms. The molecule has 2 heterocycles. The Morgan fingerprint density at radius 1 is 1.29 bits per heavy atom. The van der Waals surface area contributed by atoms with Gasteiger partial charge in [-0.25, -0.2) is 4.79 Å². The molecule has 2 aliphatic rings. The predicted octanol–water partition coefficient (Wildman–Crippen LogP) is 0.376. The molecular weight excluding hydrogens is 452 g/mol. The van der Waals surface area contributed by atoms with Gasteiger partial charge in [-0.2, -0.15) is 0 Å². The maximum atomic E-state index is 12.4. The van der Waals surface area contributed by atoms with Crippen molar-refractivity contribution in [3.05, 3.63) is 30.3 Å². The molecule has 166 valence electrons. The number of rotatable bonds is 10. The number of amides is 2. The molecule has 0 radical (unpaired) electrons. The molecule has 3 unspecified atom stereocenters. The maximum Gasteiger partial charge on any atom is 0.342 e. The second-order valence-corrected chi connectivity index (χ2v) is 8.27. The smallest absolute Gasteiger partial charge is 0.342 e. The summed E-state index contributed by atoms with van der Waals surface area (Å²) in [5.41, 5.74) is -1.65. The third kappa shape index (κ3) is 5.47. The monoisotopic (exact) mass is 470 g/mol. The largest absolute Gasteiger partial charge is 0.484 e. The van der Waals surface area contributed by atoms with Crippen molar-refractivity contribution in [3.63, 3.8) is 0 Å². The van der Waals surface area contributed by atoms with Crippen LogP contribution in [0.25, 0.3) is 0 Å². The van der Waals surface area contributed by atoms with Crippen LogP contribution in [0.15, 0.2) is 30.3 Å². The van der Waals surface area contributed by atoms with Crippen molar-refractivity contribution >= 4 is 52.9 Å². The number of alkyl halides is 1. The minimum atomic E-state index is -1.65. The van der Waals surface area contributed by atoms with E-state index in [1.807, 2.05) is 0 Å². The number of carbonyl (C=O) groups is 5. The lowest BCUT2D eigenvalue weighted by molar-refractivity contribution is -0.157. The van der Waals surface area contributed by atoms with E-state index in [-0.39, 0.29) is 31.0 Å². The van der Waals surface area contributed by atoms with Crippen LogP contribution < -0.4 is 10.1 Å². The topological polar surface area (TPSA) is 139 Å². The van der Waals surface area contributed by atoms with E-state index in [9.17, 15) is 24.0 Å². The molecule has 4 atom stereocenters. The van der Waals surface area contributed by atoms with Crippen molar-refractivity contribution < 1.29 is 38.6 Å². The van der Waals surface area contributed by atoms with Crippen molar-refractivity contribution in [2.45, 2.75) is 35.9 Å². The zero-order valence-electron chi connectivity index (χ0n) is 16.1. The predicted molar refractivity (Wildman–Crippen MR) is 108 cm³/mol. The first kappa shape index (κ1) is 22.9. The van der Waals surface area contributed by atoms with E-state index in [0.29, 0.717) is 5.75 Å². The third-order valence-corrected chi connectivity index (χ3v) is 6.29. The van der Waals surface area contributed by atoms with Gasteiger partial charge in [0.25, 0.3) is 11.8 Å². The van der Waals surface area contributed by atoms with E-state index in [1.54, 1.807) is 30.3 Å². The first-order valence-electron chi connectivity index (χ1n) is 9.28. The average molecular weight is 471 g/mol. The number of esters is 1. The molecule has 1 aromatic carbocycles. The number of hydrogen-bond donors (Lipinski definition) is 2. The van der Waals surface area contributed by atoms with Gasteiger partial charge in [0.15, 0.2) is 18.5 Å². The number of cyclic esters (lactones) is 1. The van der Waals surface area contributed by atoms with E-state index in [0.717, 1.165) is 16.7 Å². The number of β-lactam (4-membered cyclic amide) rings is 1. The summed E-state index contributed by atoms with van der Waals surface area (Å²) < 4.78 is 10.2. The Labute approximate surface area is 186 Å². The SMILES string of the molecule is O=C(COc1ccccc1)NC1C(=O)N(C(Cl)C(=O)O)C1SCC(=O)[C@@H]1CCC(=O)O1. The lowest BCUT2D eigenvalue weighted by Crippen LogP contribution is -2.72. The highest BCUT2D eigenvalue weighted by molar-refractivity contribution is 8.00. The van der Waals surface area contributed by atoms with Gasteiger partial charge in [-0.05, 0) is 12.1 Å². The minimum absolute atomic E-state index is 0.150. The molecule has 3 rings (SSSR count). The van der Waals surface area contributed by atoms with Crippen LogP contribution in [-0.2, 0) is 28.7 Å². The summed E-state index contributed by atoms with van der Waals surface area (Å²) in [6.45, 7) is -0.356. The van der Waals surface area contributed by atoms with E-state index in [2.05, 4.69) is 5.32 Å². The van der Waals surface area contributed by atoms with Crippen LogP contribution in [0.4, 0.5) is 0 Å². The second-order valence-electron chi connectivity index (χ2n) is 6.75. The molecule has 0 aromatic heterocycles. The first-order valence-corrected chi connectivity index (χ1v) is 10.8. The van der Waals surface area contributed by atoms with E-state index in [4.69, 9.17) is 26.2 Å². The van der Waals surface area contributed by atoms with E-state index >= 15 is 0 Å². The van der Waals surface area contributed by atoms with Crippen LogP contribution in [0.3, 0.4) is 0 Å². The second kappa shape index (κ2) is 10.0.